The SMILES string of the molecule is CC(C)C(=O)N1c2ccccc2[C@H](C=O)C[C@H]1C. The Morgan fingerprint density at radius 1 is 1.39 bits per heavy atom. The predicted octanol–water partition coefficient (Wildman–Crippen LogP) is 2.75. The van der Waals surface area contributed by atoms with Crippen LogP contribution in [-0.2, 0) is 9.59 Å². The van der Waals surface area contributed by atoms with Gasteiger partial charge in [0.15, 0.2) is 0 Å². The molecule has 0 bridgehead atoms. The zero-order valence-corrected chi connectivity index (χ0v) is 11.1. The van der Waals surface area contributed by atoms with Gasteiger partial charge >= 0.3 is 0 Å². The minimum absolute atomic E-state index is 0.0340. The average Bonchev–Trinajstić information content (AvgIpc) is 2.37. The fraction of sp³-hybridized carbons (Fsp3) is 0.467. The van der Waals surface area contributed by atoms with E-state index in [1.54, 1.807) is 0 Å². The van der Waals surface area contributed by atoms with Gasteiger partial charge in [-0.1, -0.05) is 32.0 Å². The van der Waals surface area contributed by atoms with Crippen molar-refractivity contribution in [3.63, 3.8) is 0 Å². The number of rotatable bonds is 2. The van der Waals surface area contributed by atoms with Gasteiger partial charge in [-0.25, -0.2) is 0 Å². The number of para-hydroxylation sites is 1. The molecule has 2 atom stereocenters. The van der Waals surface area contributed by atoms with E-state index in [0.717, 1.165) is 17.5 Å². The first-order chi connectivity index (χ1) is 8.56. The minimum Gasteiger partial charge on any atom is -0.309 e. The summed E-state index contributed by atoms with van der Waals surface area (Å²) in [5.74, 6) is -0.00000142. The third kappa shape index (κ3) is 2.05. The maximum absolute atomic E-state index is 12.3. The molecule has 0 fully saturated rings. The van der Waals surface area contributed by atoms with E-state index in [1.165, 1.54) is 0 Å². The van der Waals surface area contributed by atoms with Crippen LogP contribution in [0, 0.1) is 5.92 Å². The maximum Gasteiger partial charge on any atom is 0.229 e. The van der Waals surface area contributed by atoms with E-state index < -0.39 is 0 Å². The summed E-state index contributed by atoms with van der Waals surface area (Å²) in [5.41, 5.74) is 1.87. The van der Waals surface area contributed by atoms with Crippen molar-refractivity contribution < 1.29 is 9.59 Å². The van der Waals surface area contributed by atoms with Crippen LogP contribution in [0.5, 0.6) is 0 Å². The molecule has 0 radical (unpaired) electrons. The molecule has 0 spiro atoms. The summed E-state index contributed by atoms with van der Waals surface area (Å²) in [6, 6.07) is 7.79. The molecule has 1 heterocycles. The van der Waals surface area contributed by atoms with Crippen LogP contribution in [-0.4, -0.2) is 18.2 Å². The maximum atomic E-state index is 12.3. The van der Waals surface area contributed by atoms with Gasteiger partial charge in [-0.05, 0) is 25.0 Å². The van der Waals surface area contributed by atoms with Gasteiger partial charge in [-0.3, -0.25) is 4.79 Å². The van der Waals surface area contributed by atoms with Crippen molar-refractivity contribution in [2.45, 2.75) is 39.2 Å². The van der Waals surface area contributed by atoms with E-state index >= 15 is 0 Å². The summed E-state index contributed by atoms with van der Waals surface area (Å²) >= 11 is 0. The predicted molar refractivity (Wildman–Crippen MR) is 71.7 cm³/mol. The zero-order chi connectivity index (χ0) is 13.3. The van der Waals surface area contributed by atoms with E-state index in [2.05, 4.69) is 0 Å². The number of amides is 1. The molecule has 3 nitrogen and oxygen atoms in total. The van der Waals surface area contributed by atoms with Gasteiger partial charge < -0.3 is 9.69 Å². The molecule has 1 amide bonds. The molecule has 0 aliphatic carbocycles. The molecule has 1 aromatic rings. The second-order valence-electron chi connectivity index (χ2n) is 5.25. The van der Waals surface area contributed by atoms with Gasteiger partial charge in [-0.15, -0.1) is 0 Å². The third-order valence-corrected chi connectivity index (χ3v) is 3.53. The Balaban J connectivity index is 2.49. The third-order valence-electron chi connectivity index (χ3n) is 3.53. The Morgan fingerprint density at radius 3 is 2.67 bits per heavy atom. The molecule has 3 heteroatoms. The molecule has 2 rings (SSSR count). The van der Waals surface area contributed by atoms with Gasteiger partial charge in [0.2, 0.25) is 5.91 Å². The number of aldehydes is 1. The van der Waals surface area contributed by atoms with Crippen LogP contribution >= 0.6 is 0 Å². The molecular formula is C15H19NO2. The molecule has 0 saturated carbocycles. The lowest BCUT2D eigenvalue weighted by Crippen LogP contribution is -2.45. The number of carbonyl (C=O) groups is 2. The van der Waals surface area contributed by atoms with E-state index in [1.807, 2.05) is 49.9 Å². The first kappa shape index (κ1) is 12.8. The van der Waals surface area contributed by atoms with Gasteiger partial charge in [0.25, 0.3) is 0 Å². The quantitative estimate of drug-likeness (QED) is 0.751. The number of hydrogen-bond donors (Lipinski definition) is 0. The normalized spacial score (nSPS) is 22.8. The Kier molecular flexibility index (Phi) is 3.50. The molecular weight excluding hydrogens is 226 g/mol. The largest absolute Gasteiger partial charge is 0.309 e. The van der Waals surface area contributed by atoms with Crippen molar-refractivity contribution in [2.24, 2.45) is 5.92 Å². The highest BCUT2D eigenvalue weighted by atomic mass is 16.2. The van der Waals surface area contributed by atoms with Crippen molar-refractivity contribution in [1.29, 1.82) is 0 Å². The molecule has 1 aliphatic rings. The molecule has 96 valence electrons. The molecule has 0 N–H and O–H groups in total. The highest BCUT2D eigenvalue weighted by molar-refractivity contribution is 5.97. The monoisotopic (exact) mass is 245 g/mol. The van der Waals surface area contributed by atoms with Crippen LogP contribution in [0.25, 0.3) is 0 Å². The molecule has 18 heavy (non-hydrogen) atoms. The van der Waals surface area contributed by atoms with E-state index in [9.17, 15) is 9.59 Å². The summed E-state index contributed by atoms with van der Waals surface area (Å²) in [4.78, 5) is 25.3. The molecule has 0 saturated heterocycles. The van der Waals surface area contributed by atoms with Gasteiger partial charge in [0.05, 0.1) is 0 Å². The second kappa shape index (κ2) is 4.92. The number of benzene rings is 1. The van der Waals surface area contributed by atoms with E-state index in [0.29, 0.717) is 6.42 Å². The van der Waals surface area contributed by atoms with Crippen molar-refractivity contribution in [3.8, 4) is 0 Å². The summed E-state index contributed by atoms with van der Waals surface area (Å²) in [6.07, 6.45) is 1.70. The Labute approximate surface area is 108 Å². The number of nitrogens with zero attached hydrogens (tertiary/aromatic N) is 1. The second-order valence-corrected chi connectivity index (χ2v) is 5.25. The summed E-state index contributed by atoms with van der Waals surface area (Å²) in [6.45, 7) is 5.82. The van der Waals surface area contributed by atoms with Gasteiger partial charge in [0.1, 0.15) is 6.29 Å². The fourth-order valence-electron chi connectivity index (χ4n) is 2.60. The molecule has 0 unspecified atom stereocenters. The highest BCUT2D eigenvalue weighted by Gasteiger charge is 2.33. The van der Waals surface area contributed by atoms with Crippen LogP contribution in [0.2, 0.25) is 0 Å². The van der Waals surface area contributed by atoms with Crippen molar-refractivity contribution in [1.82, 2.24) is 0 Å². The summed E-state index contributed by atoms with van der Waals surface area (Å²) in [5, 5.41) is 0. The van der Waals surface area contributed by atoms with Gasteiger partial charge in [0, 0.05) is 23.6 Å². The number of carbonyl (C=O) groups excluding carboxylic acids is 2. The van der Waals surface area contributed by atoms with E-state index in [4.69, 9.17) is 0 Å². The lowest BCUT2D eigenvalue weighted by atomic mass is 9.86. The standard InChI is InChI=1S/C15H19NO2/c1-10(2)15(18)16-11(3)8-12(9-17)13-6-4-5-7-14(13)16/h4-7,9-12H,8H2,1-3H3/t11-,12+/m1/s1. The molecule has 1 aliphatic heterocycles. The van der Waals surface area contributed by atoms with Crippen LogP contribution in [0.1, 0.15) is 38.7 Å². The Hall–Kier alpha value is -1.64. The van der Waals surface area contributed by atoms with Crippen molar-refractivity contribution in [2.75, 3.05) is 4.90 Å². The van der Waals surface area contributed by atoms with Crippen LogP contribution in [0.15, 0.2) is 24.3 Å². The average molecular weight is 245 g/mol. The number of fused-ring (bicyclic) bond motifs is 1. The highest BCUT2D eigenvalue weighted by Crippen LogP contribution is 2.37. The Bertz CT molecular complexity index is 467. The Morgan fingerprint density at radius 2 is 2.06 bits per heavy atom. The van der Waals surface area contributed by atoms with Gasteiger partial charge in [-0.2, -0.15) is 0 Å². The zero-order valence-electron chi connectivity index (χ0n) is 11.1. The smallest absolute Gasteiger partial charge is 0.229 e. The first-order valence-electron chi connectivity index (χ1n) is 6.43. The first-order valence-corrected chi connectivity index (χ1v) is 6.43. The summed E-state index contributed by atoms with van der Waals surface area (Å²) < 4.78 is 0. The van der Waals surface area contributed by atoms with Crippen LogP contribution in [0.3, 0.4) is 0 Å². The van der Waals surface area contributed by atoms with Crippen molar-refractivity contribution in [3.05, 3.63) is 29.8 Å². The lowest BCUT2D eigenvalue weighted by Gasteiger charge is -2.38. The topological polar surface area (TPSA) is 37.4 Å². The van der Waals surface area contributed by atoms with E-state index in [-0.39, 0.29) is 23.8 Å². The van der Waals surface area contributed by atoms with Crippen LogP contribution in [0.4, 0.5) is 5.69 Å². The summed E-state index contributed by atoms with van der Waals surface area (Å²) in [7, 11) is 0. The van der Waals surface area contributed by atoms with Crippen LogP contribution < -0.4 is 4.90 Å². The molecule has 1 aromatic carbocycles. The molecule has 0 aromatic heterocycles. The van der Waals surface area contributed by atoms with Crippen molar-refractivity contribution >= 4 is 17.9 Å². The lowest BCUT2D eigenvalue weighted by molar-refractivity contribution is -0.122. The number of hydrogen-bond acceptors (Lipinski definition) is 2. The fourth-order valence-corrected chi connectivity index (χ4v) is 2.60. The minimum atomic E-state index is -0.0904. The number of anilines is 1.